The number of halogens is 2. The third-order valence-corrected chi connectivity index (χ3v) is 6.82. The molecule has 1 saturated carbocycles. The minimum absolute atomic E-state index is 0.0186. The third kappa shape index (κ3) is 6.14. The van der Waals surface area contributed by atoms with E-state index in [0.717, 1.165) is 42.7 Å². The summed E-state index contributed by atoms with van der Waals surface area (Å²) in [6, 6.07) is 13.5. The summed E-state index contributed by atoms with van der Waals surface area (Å²) in [6.45, 7) is 0. The maximum Gasteiger partial charge on any atom is 0.220 e. The molecule has 0 bridgehead atoms. The second-order valence-electron chi connectivity index (χ2n) is 8.66. The number of hydrogen-bond acceptors (Lipinski definition) is 3. The number of benzene rings is 2. The topological polar surface area (TPSA) is 49.4 Å². The van der Waals surface area contributed by atoms with E-state index in [4.69, 9.17) is 11.6 Å². The van der Waals surface area contributed by atoms with Gasteiger partial charge < -0.3 is 10.2 Å². The Bertz CT molecular complexity index is 906. The number of nitrogens with zero attached hydrogens (tertiary/aromatic N) is 1. The summed E-state index contributed by atoms with van der Waals surface area (Å²) in [5.74, 6) is -0.635. The van der Waals surface area contributed by atoms with Crippen LogP contribution in [0.4, 0.5) is 4.39 Å². The molecule has 1 fully saturated rings. The second-order valence-corrected chi connectivity index (χ2v) is 9.07. The van der Waals surface area contributed by atoms with Crippen molar-refractivity contribution in [2.24, 2.45) is 0 Å². The van der Waals surface area contributed by atoms with Crippen LogP contribution in [-0.4, -0.2) is 42.3 Å². The summed E-state index contributed by atoms with van der Waals surface area (Å²) in [5.41, 5.74) is 1.60. The maximum absolute atomic E-state index is 13.0. The van der Waals surface area contributed by atoms with Crippen LogP contribution in [0.2, 0.25) is 5.02 Å². The first-order valence-corrected chi connectivity index (χ1v) is 11.2. The van der Waals surface area contributed by atoms with E-state index in [0.29, 0.717) is 5.56 Å². The number of carbonyl (C=O) groups excluding carboxylic acids is 2. The summed E-state index contributed by atoms with van der Waals surface area (Å²) in [7, 11) is 4.22. The molecule has 0 saturated heterocycles. The van der Waals surface area contributed by atoms with E-state index in [2.05, 4.69) is 30.4 Å². The fourth-order valence-electron chi connectivity index (χ4n) is 4.38. The molecule has 166 valence electrons. The van der Waals surface area contributed by atoms with Crippen LogP contribution < -0.4 is 5.32 Å². The van der Waals surface area contributed by atoms with Crippen molar-refractivity contribution in [3.63, 3.8) is 0 Å². The van der Waals surface area contributed by atoms with E-state index in [1.165, 1.54) is 24.3 Å². The van der Waals surface area contributed by atoms with Gasteiger partial charge in [-0.25, -0.2) is 4.39 Å². The van der Waals surface area contributed by atoms with Gasteiger partial charge in [0.05, 0.1) is 0 Å². The van der Waals surface area contributed by atoms with E-state index in [1.54, 1.807) is 0 Å². The van der Waals surface area contributed by atoms with Crippen LogP contribution in [0.3, 0.4) is 0 Å². The predicted octanol–water partition coefficient (Wildman–Crippen LogP) is 5.04. The molecule has 31 heavy (non-hydrogen) atoms. The zero-order valence-electron chi connectivity index (χ0n) is 18.2. The first-order valence-electron chi connectivity index (χ1n) is 10.8. The van der Waals surface area contributed by atoms with Gasteiger partial charge in [-0.3, -0.25) is 9.59 Å². The fraction of sp³-hybridized carbons (Fsp3) is 0.440. The lowest BCUT2D eigenvalue weighted by Gasteiger charge is -2.45. The zero-order valence-corrected chi connectivity index (χ0v) is 18.9. The molecule has 0 aliphatic heterocycles. The Morgan fingerprint density at radius 3 is 2.32 bits per heavy atom. The molecule has 4 nitrogen and oxygen atoms in total. The molecule has 0 unspecified atom stereocenters. The van der Waals surface area contributed by atoms with Crippen molar-refractivity contribution < 1.29 is 14.0 Å². The van der Waals surface area contributed by atoms with E-state index in [1.807, 2.05) is 18.2 Å². The van der Waals surface area contributed by atoms with Crippen LogP contribution in [0, 0.1) is 5.82 Å². The molecule has 2 aromatic rings. The van der Waals surface area contributed by atoms with Crippen molar-refractivity contribution in [3.8, 4) is 0 Å². The number of ketones is 1. The normalized spacial score (nSPS) is 21.1. The SMILES string of the molecule is CN(C)C1(Cc2ccccc2Cl)CCC(NC(=O)CCC(=O)c2ccc(F)cc2)CC1. The lowest BCUT2D eigenvalue weighted by atomic mass is 9.74. The van der Waals surface area contributed by atoms with Crippen LogP contribution in [0.1, 0.15) is 54.4 Å². The highest BCUT2D eigenvalue weighted by atomic mass is 35.5. The standard InChI is InChI=1S/C25H30ClFN2O2/c1-29(2)25(17-19-5-3-4-6-22(19)26)15-13-21(14-16-25)28-24(31)12-11-23(30)18-7-9-20(27)10-8-18/h3-10,21H,11-17H2,1-2H3,(H,28,31). The van der Waals surface area contributed by atoms with Gasteiger partial charge in [0.1, 0.15) is 5.82 Å². The predicted molar refractivity (Wildman–Crippen MR) is 122 cm³/mol. The molecule has 1 N–H and O–H groups in total. The lowest BCUT2D eigenvalue weighted by molar-refractivity contribution is -0.122. The van der Waals surface area contributed by atoms with Crippen LogP contribution in [0.25, 0.3) is 0 Å². The quantitative estimate of drug-likeness (QED) is 0.580. The van der Waals surface area contributed by atoms with Crippen molar-refractivity contribution in [2.45, 2.75) is 56.5 Å². The lowest BCUT2D eigenvalue weighted by Crippen LogP contribution is -2.52. The van der Waals surface area contributed by atoms with Crippen molar-refractivity contribution in [1.82, 2.24) is 10.2 Å². The molecule has 0 radical (unpaired) electrons. The van der Waals surface area contributed by atoms with Crippen LogP contribution in [-0.2, 0) is 11.2 Å². The van der Waals surface area contributed by atoms with Gasteiger partial charge in [-0.05, 0) is 82.1 Å². The number of amides is 1. The van der Waals surface area contributed by atoms with Gasteiger partial charge in [0.2, 0.25) is 5.91 Å². The molecule has 0 atom stereocenters. The van der Waals surface area contributed by atoms with E-state index >= 15 is 0 Å². The Labute approximate surface area is 188 Å². The van der Waals surface area contributed by atoms with Gasteiger partial charge in [-0.15, -0.1) is 0 Å². The minimum Gasteiger partial charge on any atom is -0.353 e. The zero-order chi connectivity index (χ0) is 22.4. The van der Waals surface area contributed by atoms with Crippen LogP contribution in [0.5, 0.6) is 0 Å². The highest BCUT2D eigenvalue weighted by Gasteiger charge is 2.38. The van der Waals surface area contributed by atoms with Gasteiger partial charge >= 0.3 is 0 Å². The molecule has 1 amide bonds. The number of carbonyl (C=O) groups is 2. The second kappa shape index (κ2) is 10.4. The van der Waals surface area contributed by atoms with Crippen molar-refractivity contribution in [3.05, 3.63) is 70.5 Å². The highest BCUT2D eigenvalue weighted by molar-refractivity contribution is 6.31. The highest BCUT2D eigenvalue weighted by Crippen LogP contribution is 2.36. The Morgan fingerprint density at radius 1 is 1.06 bits per heavy atom. The summed E-state index contributed by atoms with van der Waals surface area (Å²) < 4.78 is 13.0. The summed E-state index contributed by atoms with van der Waals surface area (Å²) >= 11 is 6.40. The van der Waals surface area contributed by atoms with Gasteiger partial charge in [0.25, 0.3) is 0 Å². The molecule has 3 rings (SSSR count). The smallest absolute Gasteiger partial charge is 0.220 e. The molecule has 6 heteroatoms. The van der Waals surface area contributed by atoms with Gasteiger partial charge in [0.15, 0.2) is 5.78 Å². The Balaban J connectivity index is 1.50. The molecule has 2 aromatic carbocycles. The maximum atomic E-state index is 13.0. The summed E-state index contributed by atoms with van der Waals surface area (Å²) in [6.07, 6.45) is 4.85. The first-order chi connectivity index (χ1) is 14.8. The third-order valence-electron chi connectivity index (χ3n) is 6.45. The van der Waals surface area contributed by atoms with Gasteiger partial charge in [0, 0.05) is 35.0 Å². The van der Waals surface area contributed by atoms with Crippen molar-refractivity contribution >= 4 is 23.3 Å². The monoisotopic (exact) mass is 444 g/mol. The number of rotatable bonds is 8. The van der Waals surface area contributed by atoms with Crippen molar-refractivity contribution in [1.29, 1.82) is 0 Å². The van der Waals surface area contributed by atoms with Crippen molar-refractivity contribution in [2.75, 3.05) is 14.1 Å². The minimum atomic E-state index is -0.380. The van der Waals surface area contributed by atoms with Crippen LogP contribution in [0.15, 0.2) is 48.5 Å². The van der Waals surface area contributed by atoms with Gasteiger partial charge in [-0.2, -0.15) is 0 Å². The number of nitrogens with one attached hydrogen (secondary N) is 1. The van der Waals surface area contributed by atoms with Gasteiger partial charge in [-0.1, -0.05) is 29.8 Å². The average molecular weight is 445 g/mol. The number of likely N-dealkylation sites (N-methyl/N-ethyl adjacent to an activating group) is 1. The number of hydrogen-bond donors (Lipinski definition) is 1. The van der Waals surface area contributed by atoms with Crippen LogP contribution >= 0.6 is 11.6 Å². The fourth-order valence-corrected chi connectivity index (χ4v) is 4.59. The average Bonchev–Trinajstić information content (AvgIpc) is 2.75. The molecule has 0 heterocycles. The number of Topliss-reactive ketones (excluding diaryl/α,β-unsaturated/α-hetero) is 1. The Morgan fingerprint density at radius 2 is 1.71 bits per heavy atom. The summed E-state index contributed by atoms with van der Waals surface area (Å²) in [4.78, 5) is 26.9. The molecule has 1 aliphatic carbocycles. The molecular weight excluding hydrogens is 415 g/mol. The Hall–Kier alpha value is -2.24. The molecule has 0 aromatic heterocycles. The first kappa shape index (κ1) is 23.4. The van der Waals surface area contributed by atoms with E-state index in [9.17, 15) is 14.0 Å². The molecule has 0 spiro atoms. The van der Waals surface area contributed by atoms with E-state index in [-0.39, 0.29) is 41.9 Å². The Kier molecular flexibility index (Phi) is 7.84. The van der Waals surface area contributed by atoms with E-state index < -0.39 is 0 Å². The molecular formula is C25H30ClFN2O2. The largest absolute Gasteiger partial charge is 0.353 e. The molecule has 1 aliphatic rings. The summed E-state index contributed by atoms with van der Waals surface area (Å²) in [5, 5.41) is 3.89.